The van der Waals surface area contributed by atoms with Crippen LogP contribution in [0.2, 0.25) is 0 Å². The maximum Gasteiger partial charge on any atom is 0.416 e. The van der Waals surface area contributed by atoms with Crippen molar-refractivity contribution in [2.75, 3.05) is 18.4 Å². The standard InChI is InChI=1S/C21H24F3N3S/c1-14-9-15(2)25-19(10-14)12-20(28)27-8-4-7-18(13-27)26-17-6-3-5-16(11-17)21(22,23)24/h3,5-6,9-11,18,26H,4,7-8,12-13H2,1-2H3. The average Bonchev–Trinajstić information content (AvgIpc) is 2.60. The number of anilines is 1. The van der Waals surface area contributed by atoms with Gasteiger partial charge < -0.3 is 10.2 Å². The van der Waals surface area contributed by atoms with Gasteiger partial charge in [0.15, 0.2) is 0 Å². The van der Waals surface area contributed by atoms with E-state index < -0.39 is 11.7 Å². The number of likely N-dealkylation sites (tertiary alicyclic amines) is 1. The Morgan fingerprint density at radius 1 is 1.25 bits per heavy atom. The van der Waals surface area contributed by atoms with Crippen molar-refractivity contribution in [3.8, 4) is 0 Å². The van der Waals surface area contributed by atoms with Crippen LogP contribution in [0.15, 0.2) is 36.4 Å². The van der Waals surface area contributed by atoms with E-state index in [1.807, 2.05) is 26.0 Å². The Bertz CT molecular complexity index is 831. The van der Waals surface area contributed by atoms with E-state index >= 15 is 0 Å². The second kappa shape index (κ2) is 8.47. The van der Waals surface area contributed by atoms with E-state index in [2.05, 4.69) is 15.2 Å². The lowest BCUT2D eigenvalue weighted by Gasteiger charge is -2.35. The maximum absolute atomic E-state index is 12.9. The molecule has 2 heterocycles. The first-order valence-electron chi connectivity index (χ1n) is 9.36. The first-order valence-corrected chi connectivity index (χ1v) is 9.77. The number of aryl methyl sites for hydroxylation is 2. The highest BCUT2D eigenvalue weighted by molar-refractivity contribution is 7.80. The Labute approximate surface area is 169 Å². The molecular formula is C21H24F3N3S. The van der Waals surface area contributed by atoms with Crippen molar-refractivity contribution < 1.29 is 13.2 Å². The van der Waals surface area contributed by atoms with E-state index in [0.717, 1.165) is 53.5 Å². The molecule has 0 radical (unpaired) electrons. The minimum absolute atomic E-state index is 0.0578. The molecule has 0 spiro atoms. The Balaban J connectivity index is 1.63. The summed E-state index contributed by atoms with van der Waals surface area (Å²) in [5, 5.41) is 3.24. The summed E-state index contributed by atoms with van der Waals surface area (Å²) >= 11 is 5.64. The summed E-state index contributed by atoms with van der Waals surface area (Å²) < 4.78 is 38.8. The van der Waals surface area contributed by atoms with E-state index in [4.69, 9.17) is 12.2 Å². The fourth-order valence-electron chi connectivity index (χ4n) is 3.62. The Kier molecular flexibility index (Phi) is 6.23. The number of rotatable bonds is 4. The molecule has 1 N–H and O–H groups in total. The molecule has 0 aliphatic carbocycles. The zero-order valence-corrected chi connectivity index (χ0v) is 16.8. The minimum atomic E-state index is -4.34. The van der Waals surface area contributed by atoms with E-state index in [1.165, 1.54) is 6.07 Å². The number of hydrogen-bond donors (Lipinski definition) is 1. The number of hydrogen-bond acceptors (Lipinski definition) is 3. The third-order valence-corrected chi connectivity index (χ3v) is 5.22. The van der Waals surface area contributed by atoms with Gasteiger partial charge in [0.1, 0.15) is 0 Å². The molecule has 1 aliphatic rings. The van der Waals surface area contributed by atoms with Gasteiger partial charge in [-0.2, -0.15) is 13.2 Å². The highest BCUT2D eigenvalue weighted by atomic mass is 32.1. The van der Waals surface area contributed by atoms with E-state index in [9.17, 15) is 13.2 Å². The highest BCUT2D eigenvalue weighted by Crippen LogP contribution is 2.31. The van der Waals surface area contributed by atoms with Crippen molar-refractivity contribution in [3.05, 3.63) is 58.9 Å². The van der Waals surface area contributed by atoms with Gasteiger partial charge in [-0.25, -0.2) is 0 Å². The van der Waals surface area contributed by atoms with Gasteiger partial charge >= 0.3 is 6.18 Å². The molecule has 1 fully saturated rings. The maximum atomic E-state index is 12.9. The molecule has 28 heavy (non-hydrogen) atoms. The second-order valence-electron chi connectivity index (χ2n) is 7.36. The molecule has 3 nitrogen and oxygen atoms in total. The smallest absolute Gasteiger partial charge is 0.381 e. The first-order chi connectivity index (χ1) is 13.2. The quantitative estimate of drug-likeness (QED) is 0.709. The van der Waals surface area contributed by atoms with Crippen molar-refractivity contribution in [3.63, 3.8) is 0 Å². The number of nitrogens with zero attached hydrogens (tertiary/aromatic N) is 2. The number of piperidine rings is 1. The topological polar surface area (TPSA) is 28.2 Å². The molecule has 1 atom stereocenters. The molecule has 1 aromatic heterocycles. The van der Waals surface area contributed by atoms with Gasteiger partial charge in [0.25, 0.3) is 0 Å². The molecule has 7 heteroatoms. The first kappa shape index (κ1) is 20.6. The van der Waals surface area contributed by atoms with E-state index in [-0.39, 0.29) is 6.04 Å². The predicted octanol–water partition coefficient (Wildman–Crippen LogP) is 5.16. The molecule has 1 aliphatic heterocycles. The average molecular weight is 408 g/mol. The van der Waals surface area contributed by atoms with Gasteiger partial charge in [-0.3, -0.25) is 4.98 Å². The monoisotopic (exact) mass is 407 g/mol. The largest absolute Gasteiger partial charge is 0.416 e. The number of alkyl halides is 3. The summed E-state index contributed by atoms with van der Waals surface area (Å²) in [4.78, 5) is 7.52. The van der Waals surface area contributed by atoms with Crippen LogP contribution in [0.3, 0.4) is 0 Å². The molecule has 1 aromatic carbocycles. The van der Waals surface area contributed by atoms with E-state index in [1.54, 1.807) is 6.07 Å². The van der Waals surface area contributed by atoms with Crippen LogP contribution in [-0.2, 0) is 12.6 Å². The summed E-state index contributed by atoms with van der Waals surface area (Å²) in [6, 6.07) is 9.49. The molecule has 3 rings (SSSR count). The van der Waals surface area contributed by atoms with Crippen LogP contribution in [0.5, 0.6) is 0 Å². The third-order valence-electron chi connectivity index (χ3n) is 4.82. The van der Waals surface area contributed by atoms with Crippen molar-refractivity contribution >= 4 is 22.9 Å². The zero-order chi connectivity index (χ0) is 20.3. The molecule has 0 amide bonds. The predicted molar refractivity (Wildman–Crippen MR) is 110 cm³/mol. The number of nitrogens with one attached hydrogen (secondary N) is 1. The van der Waals surface area contributed by atoms with Crippen LogP contribution in [0.1, 0.15) is 35.4 Å². The lowest BCUT2D eigenvalue weighted by atomic mass is 10.0. The SMILES string of the molecule is Cc1cc(C)nc(CC(=S)N2CCCC(Nc3cccc(C(F)(F)F)c3)C2)c1. The van der Waals surface area contributed by atoms with Gasteiger partial charge in [-0.15, -0.1) is 0 Å². The van der Waals surface area contributed by atoms with Crippen molar-refractivity contribution in [1.82, 2.24) is 9.88 Å². The summed E-state index contributed by atoms with van der Waals surface area (Å²) in [5.74, 6) is 0. The molecule has 1 saturated heterocycles. The van der Waals surface area contributed by atoms with Gasteiger partial charge in [-0.05, 0) is 62.6 Å². The number of thiocarbonyl (C=S) groups is 1. The number of halogens is 3. The number of pyridine rings is 1. The van der Waals surface area contributed by atoms with Crippen LogP contribution < -0.4 is 5.32 Å². The van der Waals surface area contributed by atoms with Crippen molar-refractivity contribution in [1.29, 1.82) is 0 Å². The van der Waals surface area contributed by atoms with Crippen LogP contribution in [0, 0.1) is 13.8 Å². The number of aromatic nitrogens is 1. The second-order valence-corrected chi connectivity index (χ2v) is 7.83. The molecule has 150 valence electrons. The van der Waals surface area contributed by atoms with E-state index in [0.29, 0.717) is 18.7 Å². The minimum Gasteiger partial charge on any atom is -0.381 e. The molecule has 1 unspecified atom stereocenters. The van der Waals surface area contributed by atoms with Gasteiger partial charge in [0, 0.05) is 42.6 Å². The molecule has 0 saturated carbocycles. The van der Waals surface area contributed by atoms with Gasteiger partial charge in [0.05, 0.1) is 10.6 Å². The summed E-state index contributed by atoms with van der Waals surface area (Å²) in [7, 11) is 0. The Morgan fingerprint density at radius 3 is 2.75 bits per heavy atom. The van der Waals surface area contributed by atoms with Crippen LogP contribution >= 0.6 is 12.2 Å². The third kappa shape index (κ3) is 5.44. The van der Waals surface area contributed by atoms with Crippen LogP contribution in [-0.4, -0.2) is 34.0 Å². The summed E-state index contributed by atoms with van der Waals surface area (Å²) in [5.41, 5.74) is 2.94. The van der Waals surface area contributed by atoms with Gasteiger partial charge in [0.2, 0.25) is 0 Å². The fraction of sp³-hybridized carbons (Fsp3) is 0.429. The summed E-state index contributed by atoms with van der Waals surface area (Å²) in [6.07, 6.45) is -1.89. The Hall–Kier alpha value is -2.15. The molecule has 2 aromatic rings. The van der Waals surface area contributed by atoms with Crippen molar-refractivity contribution in [2.45, 2.75) is 45.3 Å². The fourth-order valence-corrected chi connectivity index (χ4v) is 3.94. The molecular weight excluding hydrogens is 383 g/mol. The zero-order valence-electron chi connectivity index (χ0n) is 16.0. The summed E-state index contributed by atoms with van der Waals surface area (Å²) in [6.45, 7) is 5.55. The molecule has 0 bridgehead atoms. The lowest BCUT2D eigenvalue weighted by Crippen LogP contribution is -2.45. The van der Waals surface area contributed by atoms with Gasteiger partial charge in [-0.1, -0.05) is 18.3 Å². The van der Waals surface area contributed by atoms with Crippen LogP contribution in [0.25, 0.3) is 0 Å². The number of benzene rings is 1. The van der Waals surface area contributed by atoms with Crippen LogP contribution in [0.4, 0.5) is 18.9 Å². The van der Waals surface area contributed by atoms with Crippen molar-refractivity contribution in [2.24, 2.45) is 0 Å². The highest BCUT2D eigenvalue weighted by Gasteiger charge is 2.30. The Morgan fingerprint density at radius 2 is 2.04 bits per heavy atom. The lowest BCUT2D eigenvalue weighted by molar-refractivity contribution is -0.137. The normalized spacial score (nSPS) is 17.5.